The summed E-state index contributed by atoms with van der Waals surface area (Å²) < 4.78 is 20.6. The fourth-order valence-electron chi connectivity index (χ4n) is 2.24. The van der Waals surface area contributed by atoms with Gasteiger partial charge in [0.2, 0.25) is 5.82 Å². The second kappa shape index (κ2) is 9.79. The number of ether oxygens (including phenoxy) is 2. The number of nitrogens with zero attached hydrogens (tertiary/aromatic N) is 4. The number of hydrogen-bond donors (Lipinski definition) is 2. The number of hydrazone groups is 1. The molecule has 2 aromatic rings. The third-order valence-corrected chi connectivity index (χ3v) is 5.68. The molecule has 0 spiro atoms. The molecule has 27 heavy (non-hydrogen) atoms. The molecule has 0 saturated carbocycles. The summed E-state index contributed by atoms with van der Waals surface area (Å²) in [7, 11) is 0. The van der Waals surface area contributed by atoms with Gasteiger partial charge in [-0.15, -0.1) is 4.37 Å². The molecular weight excluding hydrogens is 600 g/mol. The van der Waals surface area contributed by atoms with Crippen LogP contribution in [0.4, 0.5) is 5.82 Å². The van der Waals surface area contributed by atoms with Crippen molar-refractivity contribution in [1.82, 2.24) is 14.2 Å². The quantitative estimate of drug-likeness (QED) is 0.290. The van der Waals surface area contributed by atoms with Crippen LogP contribution in [0, 0.1) is 7.14 Å². The molecular formula is C15H15I2N5O4S. The highest BCUT2D eigenvalue weighted by Crippen LogP contribution is 2.27. The number of aromatic hydroxyl groups is 1. The van der Waals surface area contributed by atoms with E-state index in [1.807, 2.05) is 50.1 Å². The van der Waals surface area contributed by atoms with Crippen molar-refractivity contribution in [3.63, 3.8) is 0 Å². The first-order chi connectivity index (χ1) is 13.0. The number of amides is 1. The highest BCUT2D eigenvalue weighted by atomic mass is 127. The summed E-state index contributed by atoms with van der Waals surface area (Å²) in [6, 6.07) is 3.53. The summed E-state index contributed by atoms with van der Waals surface area (Å²) in [5, 5.41) is 13.7. The molecule has 9 nitrogen and oxygen atoms in total. The highest BCUT2D eigenvalue weighted by molar-refractivity contribution is 14.1. The van der Waals surface area contributed by atoms with Gasteiger partial charge in [-0.05, 0) is 62.9 Å². The molecule has 0 atom stereocenters. The van der Waals surface area contributed by atoms with Crippen LogP contribution in [0.1, 0.15) is 5.56 Å². The van der Waals surface area contributed by atoms with Crippen molar-refractivity contribution in [2.75, 3.05) is 37.8 Å². The van der Waals surface area contributed by atoms with E-state index < -0.39 is 5.91 Å². The lowest BCUT2D eigenvalue weighted by Crippen LogP contribution is -2.36. The van der Waals surface area contributed by atoms with Crippen LogP contribution in [0.5, 0.6) is 11.6 Å². The number of rotatable bonds is 6. The Morgan fingerprint density at radius 1 is 1.37 bits per heavy atom. The first kappa shape index (κ1) is 20.5. The second-order valence-corrected chi connectivity index (χ2v) is 8.26. The number of benzene rings is 1. The number of aromatic nitrogens is 2. The highest BCUT2D eigenvalue weighted by Gasteiger charge is 2.20. The third kappa shape index (κ3) is 5.61. The Hall–Kier alpha value is -1.26. The van der Waals surface area contributed by atoms with Gasteiger partial charge >= 0.3 is 0 Å². The zero-order chi connectivity index (χ0) is 19.2. The SMILES string of the molecule is O=C(COc1nsnc1N1CCOCC1)N/N=C/c1cc(I)c(O)c(I)c1. The minimum absolute atomic E-state index is 0.218. The fraction of sp³-hybridized carbons (Fsp3) is 0.333. The van der Waals surface area contributed by atoms with Crippen molar-refractivity contribution in [2.45, 2.75) is 0 Å². The fourth-order valence-corrected chi connectivity index (χ4v) is 4.58. The molecule has 3 rings (SSSR count). The number of hydrogen-bond acceptors (Lipinski definition) is 9. The molecule has 0 unspecified atom stereocenters. The lowest BCUT2D eigenvalue weighted by molar-refractivity contribution is -0.123. The molecule has 2 heterocycles. The molecule has 2 N–H and O–H groups in total. The molecule has 1 aromatic heterocycles. The van der Waals surface area contributed by atoms with Crippen LogP contribution in [0.25, 0.3) is 0 Å². The molecule has 1 saturated heterocycles. The molecule has 0 radical (unpaired) electrons. The van der Waals surface area contributed by atoms with Gasteiger partial charge < -0.3 is 19.5 Å². The van der Waals surface area contributed by atoms with Gasteiger partial charge in [0.05, 0.1) is 38.3 Å². The Kier molecular flexibility index (Phi) is 7.42. The van der Waals surface area contributed by atoms with Gasteiger partial charge in [-0.2, -0.15) is 9.47 Å². The largest absolute Gasteiger partial charge is 0.506 e. The molecule has 1 fully saturated rings. The van der Waals surface area contributed by atoms with Crippen molar-refractivity contribution in [3.8, 4) is 11.6 Å². The maximum Gasteiger partial charge on any atom is 0.278 e. The van der Waals surface area contributed by atoms with E-state index in [2.05, 4.69) is 19.3 Å². The van der Waals surface area contributed by atoms with Gasteiger partial charge in [0.25, 0.3) is 11.8 Å². The van der Waals surface area contributed by atoms with Crippen LogP contribution < -0.4 is 15.1 Å². The van der Waals surface area contributed by atoms with Gasteiger partial charge in [0, 0.05) is 13.1 Å². The Bertz CT molecular complexity index is 818. The molecule has 12 heteroatoms. The Labute approximate surface area is 186 Å². The van der Waals surface area contributed by atoms with Crippen LogP contribution in [-0.4, -0.2) is 58.9 Å². The topological polar surface area (TPSA) is 109 Å². The molecule has 144 valence electrons. The Balaban J connectivity index is 1.51. The lowest BCUT2D eigenvalue weighted by atomic mass is 10.2. The van der Waals surface area contributed by atoms with Crippen LogP contribution in [0.2, 0.25) is 0 Å². The normalized spacial score (nSPS) is 14.5. The van der Waals surface area contributed by atoms with Crippen LogP contribution in [0.15, 0.2) is 17.2 Å². The van der Waals surface area contributed by atoms with Gasteiger partial charge in [-0.1, -0.05) is 0 Å². The molecule has 1 aromatic carbocycles. The van der Waals surface area contributed by atoms with E-state index in [1.54, 1.807) is 12.1 Å². The number of morpholine rings is 1. The number of carbonyl (C=O) groups is 1. The smallest absolute Gasteiger partial charge is 0.278 e. The summed E-state index contributed by atoms with van der Waals surface area (Å²) >= 11 is 5.11. The average molecular weight is 615 g/mol. The van der Waals surface area contributed by atoms with E-state index in [0.29, 0.717) is 45.1 Å². The van der Waals surface area contributed by atoms with Crippen molar-refractivity contribution >= 4 is 74.8 Å². The number of anilines is 1. The minimum atomic E-state index is -0.407. The van der Waals surface area contributed by atoms with Crippen molar-refractivity contribution in [3.05, 3.63) is 24.8 Å². The monoisotopic (exact) mass is 615 g/mol. The number of phenolic OH excluding ortho intramolecular Hbond substituents is 1. The second-order valence-electron chi connectivity index (χ2n) is 5.41. The Morgan fingerprint density at radius 3 is 2.78 bits per heavy atom. The maximum absolute atomic E-state index is 11.9. The van der Waals surface area contributed by atoms with Gasteiger partial charge in [0.15, 0.2) is 6.61 Å². The zero-order valence-corrected chi connectivity index (χ0v) is 19.0. The minimum Gasteiger partial charge on any atom is -0.506 e. The number of carbonyl (C=O) groups excluding carboxylic acids is 1. The van der Waals surface area contributed by atoms with E-state index in [9.17, 15) is 9.90 Å². The summed E-state index contributed by atoms with van der Waals surface area (Å²) in [4.78, 5) is 14.0. The van der Waals surface area contributed by atoms with Gasteiger partial charge in [-0.25, -0.2) is 5.43 Å². The average Bonchev–Trinajstić information content (AvgIpc) is 3.14. The molecule has 0 aliphatic carbocycles. The van der Waals surface area contributed by atoms with Crippen molar-refractivity contribution < 1.29 is 19.4 Å². The maximum atomic E-state index is 11.9. The predicted octanol–water partition coefficient (Wildman–Crippen LogP) is 1.82. The molecule has 0 bridgehead atoms. The third-order valence-electron chi connectivity index (χ3n) is 3.54. The molecule has 1 amide bonds. The van der Waals surface area contributed by atoms with E-state index in [4.69, 9.17) is 9.47 Å². The lowest BCUT2D eigenvalue weighted by Gasteiger charge is -2.26. The van der Waals surface area contributed by atoms with Crippen LogP contribution in [-0.2, 0) is 9.53 Å². The van der Waals surface area contributed by atoms with Crippen molar-refractivity contribution in [1.29, 1.82) is 0 Å². The Morgan fingerprint density at radius 2 is 2.07 bits per heavy atom. The summed E-state index contributed by atoms with van der Waals surface area (Å²) in [6.07, 6.45) is 1.51. The number of nitrogens with one attached hydrogen (secondary N) is 1. The van der Waals surface area contributed by atoms with E-state index in [1.165, 1.54) is 6.21 Å². The van der Waals surface area contributed by atoms with Gasteiger partial charge in [-0.3, -0.25) is 4.79 Å². The van der Waals surface area contributed by atoms with Crippen LogP contribution >= 0.6 is 56.9 Å². The number of halogens is 2. The standard InChI is InChI=1S/C15H15I2N5O4S/c16-10-5-9(6-11(17)13(10)24)7-18-19-12(23)8-26-15-14(20-27-21-15)22-1-3-25-4-2-22/h5-7,24H,1-4,8H2,(H,19,23)/b18-7+. The van der Waals surface area contributed by atoms with E-state index >= 15 is 0 Å². The van der Waals surface area contributed by atoms with E-state index in [-0.39, 0.29) is 12.4 Å². The van der Waals surface area contributed by atoms with Crippen molar-refractivity contribution in [2.24, 2.45) is 5.10 Å². The predicted molar refractivity (Wildman–Crippen MR) is 118 cm³/mol. The summed E-state index contributed by atoms with van der Waals surface area (Å²) in [5.41, 5.74) is 3.17. The summed E-state index contributed by atoms with van der Waals surface area (Å²) in [6.45, 7) is 2.46. The number of phenols is 1. The first-order valence-electron chi connectivity index (χ1n) is 7.82. The molecule has 1 aliphatic rings. The van der Waals surface area contributed by atoms with Crippen LogP contribution in [0.3, 0.4) is 0 Å². The first-order valence-corrected chi connectivity index (χ1v) is 10.7. The van der Waals surface area contributed by atoms with E-state index in [0.717, 1.165) is 17.3 Å². The molecule has 1 aliphatic heterocycles. The zero-order valence-electron chi connectivity index (χ0n) is 13.9. The van der Waals surface area contributed by atoms with Gasteiger partial charge in [0.1, 0.15) is 5.75 Å². The summed E-state index contributed by atoms with van der Waals surface area (Å²) in [5.74, 6) is 0.797.